The summed E-state index contributed by atoms with van der Waals surface area (Å²) >= 11 is 1.50. The molecule has 0 aliphatic heterocycles. The molecule has 0 fully saturated rings. The Morgan fingerprint density at radius 2 is 2.22 bits per heavy atom. The molecule has 18 heavy (non-hydrogen) atoms. The van der Waals surface area contributed by atoms with Crippen LogP contribution in [0.3, 0.4) is 0 Å². The normalized spacial score (nSPS) is 10.9. The monoisotopic (exact) mass is 259 g/mol. The molecule has 3 heterocycles. The molecule has 0 spiro atoms. The van der Waals surface area contributed by atoms with E-state index >= 15 is 0 Å². The van der Waals surface area contributed by atoms with Gasteiger partial charge < -0.3 is 5.73 Å². The first-order valence-corrected chi connectivity index (χ1v) is 6.12. The van der Waals surface area contributed by atoms with E-state index in [-0.39, 0.29) is 12.1 Å². The van der Waals surface area contributed by atoms with Crippen molar-refractivity contribution in [1.82, 2.24) is 19.5 Å². The largest absolute Gasteiger partial charge is 0.383 e. The molecule has 0 saturated carbocycles. The third kappa shape index (κ3) is 1.84. The first kappa shape index (κ1) is 10.8. The second-order valence-electron chi connectivity index (χ2n) is 3.71. The summed E-state index contributed by atoms with van der Waals surface area (Å²) in [6.45, 7) is 0.269. The van der Waals surface area contributed by atoms with Gasteiger partial charge in [-0.25, -0.2) is 15.0 Å². The lowest BCUT2D eigenvalue weighted by atomic mass is 10.4. The summed E-state index contributed by atoms with van der Waals surface area (Å²) in [5.74, 6) is 0.950. The molecule has 3 aromatic heterocycles. The standard InChI is InChI=1S/C11H9N5OS/c12-10-7-2-4-18-11(7)15-8(14-10)5-16-6-13-3-1-9(16)17/h1-4,6H,5H2,(H2,12,14,15). The fourth-order valence-electron chi connectivity index (χ4n) is 1.64. The number of nitrogen functional groups attached to an aromatic ring is 1. The lowest BCUT2D eigenvalue weighted by Gasteiger charge is -2.04. The molecule has 0 aromatic carbocycles. The van der Waals surface area contributed by atoms with Gasteiger partial charge in [-0.3, -0.25) is 9.36 Å². The van der Waals surface area contributed by atoms with Crippen LogP contribution in [-0.2, 0) is 6.54 Å². The van der Waals surface area contributed by atoms with Crippen LogP contribution in [0.1, 0.15) is 5.82 Å². The van der Waals surface area contributed by atoms with Gasteiger partial charge in [0.1, 0.15) is 10.6 Å². The predicted molar refractivity (Wildman–Crippen MR) is 69.4 cm³/mol. The SMILES string of the molecule is Nc1nc(Cn2cnccc2=O)nc2sccc12. The van der Waals surface area contributed by atoms with E-state index in [0.29, 0.717) is 11.6 Å². The average Bonchev–Trinajstić information content (AvgIpc) is 2.81. The van der Waals surface area contributed by atoms with E-state index in [1.807, 2.05) is 11.4 Å². The van der Waals surface area contributed by atoms with Gasteiger partial charge >= 0.3 is 0 Å². The zero-order valence-electron chi connectivity index (χ0n) is 9.28. The molecule has 6 nitrogen and oxygen atoms in total. The van der Waals surface area contributed by atoms with Crippen LogP contribution in [0.4, 0.5) is 5.82 Å². The first-order valence-electron chi connectivity index (χ1n) is 5.24. The lowest BCUT2D eigenvalue weighted by Crippen LogP contribution is -2.20. The van der Waals surface area contributed by atoms with Gasteiger partial charge in [0.25, 0.3) is 5.56 Å². The van der Waals surface area contributed by atoms with Gasteiger partial charge in [-0.05, 0) is 11.4 Å². The van der Waals surface area contributed by atoms with Crippen LogP contribution in [0.2, 0.25) is 0 Å². The molecule has 2 N–H and O–H groups in total. The molecule has 0 unspecified atom stereocenters. The summed E-state index contributed by atoms with van der Waals surface area (Å²) in [5.41, 5.74) is 5.71. The third-order valence-electron chi connectivity index (χ3n) is 2.50. The van der Waals surface area contributed by atoms with E-state index in [4.69, 9.17) is 5.73 Å². The quantitative estimate of drug-likeness (QED) is 0.738. The van der Waals surface area contributed by atoms with Gasteiger partial charge in [0.05, 0.1) is 18.3 Å². The Hall–Kier alpha value is -2.28. The molecular weight excluding hydrogens is 250 g/mol. The summed E-state index contributed by atoms with van der Waals surface area (Å²) in [6.07, 6.45) is 2.91. The number of hydrogen-bond acceptors (Lipinski definition) is 6. The number of hydrogen-bond donors (Lipinski definition) is 1. The van der Waals surface area contributed by atoms with Crippen LogP contribution in [0.25, 0.3) is 10.2 Å². The Kier molecular flexibility index (Phi) is 2.52. The van der Waals surface area contributed by atoms with E-state index in [9.17, 15) is 4.79 Å². The van der Waals surface area contributed by atoms with Gasteiger partial charge in [-0.1, -0.05) is 0 Å². The lowest BCUT2D eigenvalue weighted by molar-refractivity contribution is 0.702. The molecule has 0 atom stereocenters. The predicted octanol–water partition coefficient (Wildman–Crippen LogP) is 0.878. The van der Waals surface area contributed by atoms with Crippen LogP contribution in [-0.4, -0.2) is 19.5 Å². The van der Waals surface area contributed by atoms with Gasteiger partial charge in [-0.15, -0.1) is 11.3 Å². The minimum Gasteiger partial charge on any atom is -0.383 e. The number of anilines is 1. The van der Waals surface area contributed by atoms with E-state index in [1.54, 1.807) is 0 Å². The Bertz CT molecular complexity index is 763. The minimum atomic E-state index is -0.140. The van der Waals surface area contributed by atoms with Gasteiger partial charge in [0, 0.05) is 12.3 Å². The van der Waals surface area contributed by atoms with Crippen molar-refractivity contribution < 1.29 is 0 Å². The van der Waals surface area contributed by atoms with Crippen LogP contribution >= 0.6 is 11.3 Å². The topological polar surface area (TPSA) is 86.7 Å². The summed E-state index contributed by atoms with van der Waals surface area (Å²) in [4.78, 5) is 24.9. The number of nitrogens with zero attached hydrogens (tertiary/aromatic N) is 4. The molecule has 90 valence electrons. The van der Waals surface area contributed by atoms with Crippen molar-refractivity contribution in [3.8, 4) is 0 Å². The number of aromatic nitrogens is 4. The number of nitrogens with two attached hydrogens (primary N) is 1. The highest BCUT2D eigenvalue weighted by Gasteiger charge is 2.07. The van der Waals surface area contributed by atoms with E-state index in [1.165, 1.54) is 34.5 Å². The Balaban J connectivity index is 2.05. The number of rotatable bonds is 2. The molecule has 7 heteroatoms. The number of fused-ring (bicyclic) bond motifs is 1. The maximum absolute atomic E-state index is 11.6. The maximum atomic E-state index is 11.6. The highest BCUT2D eigenvalue weighted by Crippen LogP contribution is 2.22. The first-order chi connectivity index (χ1) is 8.74. The van der Waals surface area contributed by atoms with Crippen LogP contribution < -0.4 is 11.3 Å². The number of thiophene rings is 1. The molecule has 0 bridgehead atoms. The smallest absolute Gasteiger partial charge is 0.253 e. The highest BCUT2D eigenvalue weighted by molar-refractivity contribution is 7.16. The molecule has 0 amide bonds. The maximum Gasteiger partial charge on any atom is 0.253 e. The zero-order chi connectivity index (χ0) is 12.5. The van der Waals surface area contributed by atoms with Crippen molar-refractivity contribution in [3.05, 3.63) is 46.2 Å². The van der Waals surface area contributed by atoms with E-state index in [2.05, 4.69) is 15.0 Å². The average molecular weight is 259 g/mol. The van der Waals surface area contributed by atoms with E-state index < -0.39 is 0 Å². The van der Waals surface area contributed by atoms with Crippen LogP contribution in [0.15, 0.2) is 34.8 Å². The van der Waals surface area contributed by atoms with Crippen molar-refractivity contribution in [3.63, 3.8) is 0 Å². The second-order valence-corrected chi connectivity index (χ2v) is 4.61. The summed E-state index contributed by atoms with van der Waals surface area (Å²) < 4.78 is 1.44. The summed E-state index contributed by atoms with van der Waals surface area (Å²) in [6, 6.07) is 3.28. The van der Waals surface area contributed by atoms with Crippen molar-refractivity contribution in [2.24, 2.45) is 0 Å². The fourth-order valence-corrected chi connectivity index (χ4v) is 2.44. The summed E-state index contributed by atoms with van der Waals surface area (Å²) in [7, 11) is 0. The van der Waals surface area contributed by atoms with Gasteiger partial charge in [0.2, 0.25) is 0 Å². The Morgan fingerprint density at radius 3 is 3.06 bits per heavy atom. The van der Waals surface area contributed by atoms with E-state index in [0.717, 1.165) is 10.2 Å². The van der Waals surface area contributed by atoms with Crippen molar-refractivity contribution >= 4 is 27.4 Å². The van der Waals surface area contributed by atoms with Crippen molar-refractivity contribution in [1.29, 1.82) is 0 Å². The van der Waals surface area contributed by atoms with Crippen LogP contribution in [0.5, 0.6) is 0 Å². The fraction of sp³-hybridized carbons (Fsp3) is 0.0909. The minimum absolute atomic E-state index is 0.140. The third-order valence-corrected chi connectivity index (χ3v) is 3.31. The Morgan fingerprint density at radius 1 is 1.33 bits per heavy atom. The van der Waals surface area contributed by atoms with Crippen molar-refractivity contribution in [2.45, 2.75) is 6.54 Å². The van der Waals surface area contributed by atoms with Gasteiger partial charge in [-0.2, -0.15) is 0 Å². The van der Waals surface area contributed by atoms with Crippen LogP contribution in [0, 0.1) is 0 Å². The Labute approximate surface area is 106 Å². The molecule has 3 aromatic rings. The second kappa shape index (κ2) is 4.19. The van der Waals surface area contributed by atoms with Gasteiger partial charge in [0.15, 0.2) is 5.82 Å². The molecule has 0 radical (unpaired) electrons. The molecule has 0 aliphatic carbocycles. The molecule has 0 saturated heterocycles. The summed E-state index contributed by atoms with van der Waals surface area (Å²) in [5, 5.41) is 2.76. The molecule has 3 rings (SSSR count). The molecule has 0 aliphatic rings. The zero-order valence-corrected chi connectivity index (χ0v) is 10.1. The van der Waals surface area contributed by atoms with Crippen molar-refractivity contribution in [2.75, 3.05) is 5.73 Å². The molecular formula is C11H9N5OS. The highest BCUT2D eigenvalue weighted by atomic mass is 32.1.